The first-order valence-corrected chi connectivity index (χ1v) is 8.96. The van der Waals surface area contributed by atoms with E-state index >= 15 is 0 Å². The lowest BCUT2D eigenvalue weighted by atomic mass is 10.0. The number of carbonyl (C=O) groups is 1. The molecule has 0 radical (unpaired) electrons. The molecule has 2 aliphatic heterocycles. The van der Waals surface area contributed by atoms with Crippen LogP contribution in [0.25, 0.3) is 0 Å². The number of likely N-dealkylation sites (tertiary alicyclic amines) is 2. The number of hydrogen-bond acceptors (Lipinski definition) is 3. The van der Waals surface area contributed by atoms with E-state index in [1.807, 2.05) is 0 Å². The van der Waals surface area contributed by atoms with Gasteiger partial charge in [-0.2, -0.15) is 0 Å². The van der Waals surface area contributed by atoms with E-state index in [0.29, 0.717) is 24.0 Å². The van der Waals surface area contributed by atoms with E-state index in [4.69, 9.17) is 0 Å². The molecule has 21 heavy (non-hydrogen) atoms. The minimum atomic E-state index is 0.396. The Kier molecular flexibility index (Phi) is 5.17. The fraction of sp³-hybridized carbons (Fsp3) is 0.941. The van der Waals surface area contributed by atoms with Crippen molar-refractivity contribution < 1.29 is 4.79 Å². The Hall–Kier alpha value is -0.610. The number of nitrogens with one attached hydrogen (secondary N) is 1. The van der Waals surface area contributed by atoms with Crippen molar-refractivity contribution in [3.05, 3.63) is 0 Å². The number of amides is 1. The molecule has 2 heterocycles. The highest BCUT2D eigenvalue weighted by Crippen LogP contribution is 2.26. The predicted octanol–water partition coefficient (Wildman–Crippen LogP) is 1.99. The molecule has 3 fully saturated rings. The Balaban J connectivity index is 1.49. The van der Waals surface area contributed by atoms with Gasteiger partial charge < -0.3 is 15.1 Å². The molecule has 0 aromatic carbocycles. The highest BCUT2D eigenvalue weighted by Gasteiger charge is 2.35. The zero-order valence-corrected chi connectivity index (χ0v) is 13.5. The maximum atomic E-state index is 12.4. The van der Waals surface area contributed by atoms with Crippen molar-refractivity contribution in [3.8, 4) is 0 Å². The quantitative estimate of drug-likeness (QED) is 0.808. The predicted molar refractivity (Wildman–Crippen MR) is 85.3 cm³/mol. The molecule has 2 saturated heterocycles. The molecule has 3 aliphatic rings. The minimum Gasteiger partial charge on any atom is -0.338 e. The molecule has 1 N–H and O–H groups in total. The van der Waals surface area contributed by atoms with Gasteiger partial charge in [-0.25, -0.2) is 0 Å². The fourth-order valence-electron chi connectivity index (χ4n) is 4.27. The zero-order valence-electron chi connectivity index (χ0n) is 13.5. The van der Waals surface area contributed by atoms with Crippen molar-refractivity contribution in [1.82, 2.24) is 15.1 Å². The summed E-state index contributed by atoms with van der Waals surface area (Å²) in [5, 5.41) is 3.76. The summed E-state index contributed by atoms with van der Waals surface area (Å²) in [7, 11) is 2.20. The van der Waals surface area contributed by atoms with Gasteiger partial charge in [-0.1, -0.05) is 25.7 Å². The van der Waals surface area contributed by atoms with Gasteiger partial charge in [0, 0.05) is 31.1 Å². The molecule has 0 aromatic heterocycles. The average Bonchev–Trinajstić information content (AvgIpc) is 2.68. The van der Waals surface area contributed by atoms with Crippen LogP contribution in [0.15, 0.2) is 0 Å². The van der Waals surface area contributed by atoms with E-state index in [-0.39, 0.29) is 0 Å². The molecular weight excluding hydrogens is 262 g/mol. The smallest absolute Gasteiger partial charge is 0.224 e. The standard InChI is InChI=1S/C17H31N3O/c1-19-10-8-14(9-11-19)18-15-12-17(21)20(13-15)16-6-4-2-3-5-7-16/h14-16,18H,2-13H2,1H3/t15-/m0/s1. The Morgan fingerprint density at radius 1 is 0.952 bits per heavy atom. The van der Waals surface area contributed by atoms with E-state index < -0.39 is 0 Å². The highest BCUT2D eigenvalue weighted by atomic mass is 16.2. The van der Waals surface area contributed by atoms with Gasteiger partial charge in [0.15, 0.2) is 0 Å². The Morgan fingerprint density at radius 3 is 2.29 bits per heavy atom. The normalized spacial score (nSPS) is 30.8. The van der Waals surface area contributed by atoms with Crippen LogP contribution < -0.4 is 5.32 Å². The largest absolute Gasteiger partial charge is 0.338 e. The molecular formula is C17H31N3O. The molecule has 4 nitrogen and oxygen atoms in total. The zero-order chi connectivity index (χ0) is 14.7. The monoisotopic (exact) mass is 293 g/mol. The van der Waals surface area contributed by atoms with Crippen LogP contribution >= 0.6 is 0 Å². The van der Waals surface area contributed by atoms with Gasteiger partial charge in [0.1, 0.15) is 0 Å². The van der Waals surface area contributed by atoms with Crippen molar-refractivity contribution >= 4 is 5.91 Å². The third-order valence-electron chi connectivity index (χ3n) is 5.61. The van der Waals surface area contributed by atoms with E-state index in [9.17, 15) is 4.79 Å². The molecule has 1 amide bonds. The summed E-state index contributed by atoms with van der Waals surface area (Å²) in [6.07, 6.45) is 11.0. The fourth-order valence-corrected chi connectivity index (χ4v) is 4.27. The summed E-state index contributed by atoms with van der Waals surface area (Å²) in [5.41, 5.74) is 0. The van der Waals surface area contributed by atoms with Crippen LogP contribution in [0, 0.1) is 0 Å². The van der Waals surface area contributed by atoms with E-state index in [1.54, 1.807) is 0 Å². The summed E-state index contributed by atoms with van der Waals surface area (Å²) >= 11 is 0. The number of rotatable bonds is 3. The number of hydrogen-bond donors (Lipinski definition) is 1. The first-order valence-electron chi connectivity index (χ1n) is 8.96. The lowest BCUT2D eigenvalue weighted by Crippen LogP contribution is -2.46. The lowest BCUT2D eigenvalue weighted by molar-refractivity contribution is -0.129. The Labute approximate surface area is 129 Å². The summed E-state index contributed by atoms with van der Waals surface area (Å²) in [6, 6.07) is 1.55. The van der Waals surface area contributed by atoms with Crippen molar-refractivity contribution in [1.29, 1.82) is 0 Å². The van der Waals surface area contributed by atoms with E-state index in [0.717, 1.165) is 13.0 Å². The Morgan fingerprint density at radius 2 is 1.62 bits per heavy atom. The summed E-state index contributed by atoms with van der Waals surface area (Å²) in [4.78, 5) is 17.0. The van der Waals surface area contributed by atoms with Gasteiger partial charge in [-0.3, -0.25) is 4.79 Å². The maximum Gasteiger partial charge on any atom is 0.224 e. The SMILES string of the molecule is CN1CCC(N[C@H]2CC(=O)N(C3CCCCCC3)C2)CC1. The highest BCUT2D eigenvalue weighted by molar-refractivity contribution is 5.79. The molecule has 1 saturated carbocycles. The molecule has 0 bridgehead atoms. The van der Waals surface area contributed by atoms with Crippen molar-refractivity contribution in [2.45, 2.75) is 75.9 Å². The second-order valence-corrected chi connectivity index (χ2v) is 7.34. The van der Waals surface area contributed by atoms with Crippen LogP contribution in [0.1, 0.15) is 57.8 Å². The molecule has 0 aromatic rings. The topological polar surface area (TPSA) is 35.6 Å². The maximum absolute atomic E-state index is 12.4. The number of piperidine rings is 1. The molecule has 3 rings (SSSR count). The van der Waals surface area contributed by atoms with Crippen molar-refractivity contribution in [2.24, 2.45) is 0 Å². The van der Waals surface area contributed by atoms with Crippen LogP contribution in [0.2, 0.25) is 0 Å². The van der Waals surface area contributed by atoms with Gasteiger partial charge in [-0.05, 0) is 45.8 Å². The molecule has 4 heteroatoms. The van der Waals surface area contributed by atoms with Crippen LogP contribution in [-0.2, 0) is 4.79 Å². The first kappa shape index (κ1) is 15.3. The van der Waals surface area contributed by atoms with Gasteiger partial charge in [0.2, 0.25) is 5.91 Å². The number of nitrogens with zero attached hydrogens (tertiary/aromatic N) is 2. The van der Waals surface area contributed by atoms with Crippen LogP contribution in [0.4, 0.5) is 0 Å². The van der Waals surface area contributed by atoms with Gasteiger partial charge in [0.05, 0.1) is 0 Å². The second kappa shape index (κ2) is 7.10. The average molecular weight is 293 g/mol. The summed E-state index contributed by atoms with van der Waals surface area (Å²) in [5.74, 6) is 0.396. The van der Waals surface area contributed by atoms with Gasteiger partial charge in [0.25, 0.3) is 0 Å². The Bertz CT molecular complexity index is 344. The van der Waals surface area contributed by atoms with E-state index in [2.05, 4.69) is 22.2 Å². The summed E-state index contributed by atoms with van der Waals surface area (Å²) < 4.78 is 0. The second-order valence-electron chi connectivity index (χ2n) is 7.34. The molecule has 1 aliphatic carbocycles. The summed E-state index contributed by atoms with van der Waals surface area (Å²) in [6.45, 7) is 3.32. The third kappa shape index (κ3) is 3.98. The van der Waals surface area contributed by atoms with E-state index in [1.165, 1.54) is 64.5 Å². The van der Waals surface area contributed by atoms with Crippen molar-refractivity contribution in [3.63, 3.8) is 0 Å². The minimum absolute atomic E-state index is 0.396. The van der Waals surface area contributed by atoms with Crippen LogP contribution in [0.3, 0.4) is 0 Å². The first-order chi connectivity index (χ1) is 10.2. The van der Waals surface area contributed by atoms with Gasteiger partial charge in [-0.15, -0.1) is 0 Å². The molecule has 0 spiro atoms. The molecule has 1 atom stereocenters. The van der Waals surface area contributed by atoms with Crippen molar-refractivity contribution in [2.75, 3.05) is 26.7 Å². The van der Waals surface area contributed by atoms with Gasteiger partial charge >= 0.3 is 0 Å². The molecule has 120 valence electrons. The molecule has 0 unspecified atom stereocenters. The third-order valence-corrected chi connectivity index (χ3v) is 5.61. The van der Waals surface area contributed by atoms with Crippen LogP contribution in [-0.4, -0.2) is 60.5 Å². The van der Waals surface area contributed by atoms with Crippen LogP contribution in [0.5, 0.6) is 0 Å². The number of carbonyl (C=O) groups excluding carboxylic acids is 1. The lowest BCUT2D eigenvalue weighted by Gasteiger charge is -2.32.